The van der Waals surface area contributed by atoms with Crippen molar-refractivity contribution in [3.05, 3.63) is 59.6 Å². The average Bonchev–Trinajstić information content (AvgIpc) is 3.09. The Bertz CT molecular complexity index is 935. The predicted octanol–water partition coefficient (Wildman–Crippen LogP) is 3.57. The lowest BCUT2D eigenvalue weighted by Gasteiger charge is -2.18. The zero-order chi connectivity index (χ0) is 18.1. The maximum Gasteiger partial charge on any atom is 0.223 e. The predicted molar refractivity (Wildman–Crippen MR) is 98.5 cm³/mol. The Kier molecular flexibility index (Phi) is 4.53. The molecule has 2 aromatic heterocycles. The van der Waals surface area contributed by atoms with E-state index in [1.807, 2.05) is 23.1 Å². The number of anilines is 1. The number of β-amino-alcohol motifs (C(OH)–C–C–N with tert-alkyl or cyclic N) is 1. The van der Waals surface area contributed by atoms with Gasteiger partial charge in [0.2, 0.25) is 5.95 Å². The van der Waals surface area contributed by atoms with Crippen molar-refractivity contribution in [2.45, 2.75) is 12.5 Å². The molecule has 7 heteroatoms. The molecule has 0 radical (unpaired) electrons. The van der Waals surface area contributed by atoms with Crippen molar-refractivity contribution in [1.29, 1.82) is 0 Å². The zero-order valence-electron chi connectivity index (χ0n) is 13.8. The number of halogens is 2. The molecule has 1 N–H and O–H groups in total. The van der Waals surface area contributed by atoms with Gasteiger partial charge >= 0.3 is 0 Å². The van der Waals surface area contributed by atoms with E-state index in [1.54, 1.807) is 24.3 Å². The second kappa shape index (κ2) is 6.97. The zero-order valence-corrected chi connectivity index (χ0v) is 14.6. The van der Waals surface area contributed by atoms with Crippen LogP contribution in [0.15, 0.2) is 48.7 Å². The first-order valence-electron chi connectivity index (χ1n) is 8.29. The Morgan fingerprint density at radius 3 is 2.65 bits per heavy atom. The van der Waals surface area contributed by atoms with Crippen LogP contribution in [-0.2, 0) is 0 Å². The highest BCUT2D eigenvalue weighted by atomic mass is 35.5. The summed E-state index contributed by atoms with van der Waals surface area (Å²) in [6.07, 6.45) is 1.68. The SMILES string of the molecule is OC1CCN(c2cc(-c3ccc(Cl)cc3)nc(-c3cccnc3F)n2)C1. The van der Waals surface area contributed by atoms with Gasteiger partial charge in [0.1, 0.15) is 5.82 Å². The van der Waals surface area contributed by atoms with Crippen molar-refractivity contribution in [2.75, 3.05) is 18.0 Å². The van der Waals surface area contributed by atoms with E-state index in [0.717, 1.165) is 5.56 Å². The molecule has 1 aromatic carbocycles. The Morgan fingerprint density at radius 2 is 1.96 bits per heavy atom. The average molecular weight is 371 g/mol. The van der Waals surface area contributed by atoms with Crippen LogP contribution in [0.5, 0.6) is 0 Å². The van der Waals surface area contributed by atoms with E-state index < -0.39 is 5.95 Å². The Morgan fingerprint density at radius 1 is 1.15 bits per heavy atom. The van der Waals surface area contributed by atoms with Crippen LogP contribution in [0.25, 0.3) is 22.6 Å². The standard InChI is InChI=1S/C19H16ClFN4O/c20-13-5-3-12(4-6-13)16-10-17(25-9-7-14(26)11-25)24-19(23-16)15-2-1-8-22-18(15)21/h1-6,8,10,14,26H,7,9,11H2. The highest BCUT2D eigenvalue weighted by Gasteiger charge is 2.23. The molecule has 132 valence electrons. The molecule has 0 aliphatic carbocycles. The summed E-state index contributed by atoms with van der Waals surface area (Å²) in [6, 6.07) is 12.4. The van der Waals surface area contributed by atoms with Gasteiger partial charge in [-0.3, -0.25) is 0 Å². The van der Waals surface area contributed by atoms with Crippen molar-refractivity contribution in [1.82, 2.24) is 15.0 Å². The molecule has 0 spiro atoms. The van der Waals surface area contributed by atoms with Crippen LogP contribution in [0.4, 0.5) is 10.2 Å². The van der Waals surface area contributed by atoms with Gasteiger partial charge in [0.05, 0.1) is 17.4 Å². The second-order valence-corrected chi connectivity index (χ2v) is 6.61. The highest BCUT2D eigenvalue weighted by Crippen LogP contribution is 2.29. The molecule has 26 heavy (non-hydrogen) atoms. The monoisotopic (exact) mass is 370 g/mol. The van der Waals surface area contributed by atoms with E-state index in [2.05, 4.69) is 15.0 Å². The number of benzene rings is 1. The number of nitrogens with zero attached hydrogens (tertiary/aromatic N) is 4. The number of rotatable bonds is 3. The van der Waals surface area contributed by atoms with Crippen molar-refractivity contribution in [3.63, 3.8) is 0 Å². The molecule has 1 aliphatic heterocycles. The second-order valence-electron chi connectivity index (χ2n) is 6.17. The number of pyridine rings is 1. The van der Waals surface area contributed by atoms with E-state index >= 15 is 0 Å². The topological polar surface area (TPSA) is 62.1 Å². The van der Waals surface area contributed by atoms with Gasteiger partial charge in [0, 0.05) is 35.9 Å². The maximum atomic E-state index is 14.2. The summed E-state index contributed by atoms with van der Waals surface area (Å²) < 4.78 is 14.2. The molecule has 1 fully saturated rings. The minimum Gasteiger partial charge on any atom is -0.391 e. The number of aliphatic hydroxyl groups is 1. The van der Waals surface area contributed by atoms with Crippen LogP contribution in [-0.4, -0.2) is 39.3 Å². The third-order valence-corrected chi connectivity index (χ3v) is 4.59. The number of aromatic nitrogens is 3. The van der Waals surface area contributed by atoms with Gasteiger partial charge < -0.3 is 10.0 Å². The number of hydrogen-bond donors (Lipinski definition) is 1. The lowest BCUT2D eigenvalue weighted by molar-refractivity contribution is 0.198. The van der Waals surface area contributed by atoms with Crippen LogP contribution in [0.2, 0.25) is 5.02 Å². The molecule has 0 amide bonds. The summed E-state index contributed by atoms with van der Waals surface area (Å²) in [4.78, 5) is 14.7. The molecule has 4 rings (SSSR count). The minimum absolute atomic E-state index is 0.240. The van der Waals surface area contributed by atoms with Crippen molar-refractivity contribution in [2.24, 2.45) is 0 Å². The Labute approximate surface area is 155 Å². The minimum atomic E-state index is -0.617. The van der Waals surface area contributed by atoms with Gasteiger partial charge in [0.25, 0.3) is 0 Å². The highest BCUT2D eigenvalue weighted by molar-refractivity contribution is 6.30. The quantitative estimate of drug-likeness (QED) is 0.714. The fourth-order valence-electron chi connectivity index (χ4n) is 2.99. The first kappa shape index (κ1) is 16.9. The largest absolute Gasteiger partial charge is 0.391 e. The molecular weight excluding hydrogens is 355 g/mol. The van der Waals surface area contributed by atoms with E-state index in [1.165, 1.54) is 6.20 Å². The van der Waals surface area contributed by atoms with E-state index in [0.29, 0.717) is 36.0 Å². The normalized spacial score (nSPS) is 16.9. The number of aliphatic hydroxyl groups excluding tert-OH is 1. The number of hydrogen-bond acceptors (Lipinski definition) is 5. The van der Waals surface area contributed by atoms with E-state index in [-0.39, 0.29) is 17.5 Å². The van der Waals surface area contributed by atoms with E-state index in [4.69, 9.17) is 11.6 Å². The van der Waals surface area contributed by atoms with Crippen LogP contribution >= 0.6 is 11.6 Å². The summed E-state index contributed by atoms with van der Waals surface area (Å²) >= 11 is 5.97. The molecule has 1 atom stereocenters. The summed E-state index contributed by atoms with van der Waals surface area (Å²) in [6.45, 7) is 1.18. The smallest absolute Gasteiger partial charge is 0.223 e. The van der Waals surface area contributed by atoms with Gasteiger partial charge in [0.15, 0.2) is 5.82 Å². The molecule has 5 nitrogen and oxygen atoms in total. The van der Waals surface area contributed by atoms with Gasteiger partial charge in [-0.05, 0) is 30.7 Å². The first-order valence-corrected chi connectivity index (χ1v) is 8.67. The molecule has 3 heterocycles. The summed E-state index contributed by atoms with van der Waals surface area (Å²) in [5, 5.41) is 10.5. The van der Waals surface area contributed by atoms with Crippen molar-refractivity contribution >= 4 is 17.4 Å². The van der Waals surface area contributed by atoms with Crippen molar-refractivity contribution < 1.29 is 9.50 Å². The molecule has 1 aliphatic rings. The third kappa shape index (κ3) is 3.38. The van der Waals surface area contributed by atoms with Crippen LogP contribution in [0.3, 0.4) is 0 Å². The lowest BCUT2D eigenvalue weighted by atomic mass is 10.1. The van der Waals surface area contributed by atoms with Gasteiger partial charge in [-0.2, -0.15) is 4.39 Å². The van der Waals surface area contributed by atoms with Gasteiger partial charge in [-0.25, -0.2) is 15.0 Å². The van der Waals surface area contributed by atoms with Gasteiger partial charge in [-0.1, -0.05) is 23.7 Å². The molecule has 0 bridgehead atoms. The fraction of sp³-hybridized carbons (Fsp3) is 0.211. The summed E-state index contributed by atoms with van der Waals surface area (Å²) in [5.74, 6) is 0.298. The third-order valence-electron chi connectivity index (χ3n) is 4.34. The van der Waals surface area contributed by atoms with Gasteiger partial charge in [-0.15, -0.1) is 0 Å². The molecule has 3 aromatic rings. The summed E-state index contributed by atoms with van der Waals surface area (Å²) in [7, 11) is 0. The lowest BCUT2D eigenvalue weighted by Crippen LogP contribution is -2.22. The molecular formula is C19H16ClFN4O. The molecule has 0 saturated carbocycles. The molecule has 1 unspecified atom stereocenters. The van der Waals surface area contributed by atoms with Crippen molar-refractivity contribution in [3.8, 4) is 22.6 Å². The Hall–Kier alpha value is -2.57. The molecule has 1 saturated heterocycles. The van der Waals surface area contributed by atoms with Crippen LogP contribution in [0, 0.1) is 5.95 Å². The Balaban J connectivity index is 1.84. The summed E-state index contributed by atoms with van der Waals surface area (Å²) in [5.41, 5.74) is 1.75. The maximum absolute atomic E-state index is 14.2. The van der Waals surface area contributed by atoms with Crippen LogP contribution in [0.1, 0.15) is 6.42 Å². The van der Waals surface area contributed by atoms with Crippen LogP contribution < -0.4 is 4.90 Å². The van der Waals surface area contributed by atoms with E-state index in [9.17, 15) is 9.50 Å². The fourth-order valence-corrected chi connectivity index (χ4v) is 3.11. The first-order chi connectivity index (χ1) is 12.6.